The Hall–Kier alpha value is -3.34. The molecule has 3 aromatic rings. The van der Waals surface area contributed by atoms with Crippen LogP contribution in [0.25, 0.3) is 11.1 Å². The van der Waals surface area contributed by atoms with E-state index in [4.69, 9.17) is 0 Å². The molecule has 0 radical (unpaired) electrons. The number of hydrogen-bond donors (Lipinski definition) is 1. The lowest BCUT2D eigenvalue weighted by atomic mass is 9.97. The van der Waals surface area contributed by atoms with Crippen LogP contribution in [-0.2, 0) is 11.3 Å². The van der Waals surface area contributed by atoms with Gasteiger partial charge in [-0.2, -0.15) is 0 Å². The van der Waals surface area contributed by atoms with Gasteiger partial charge in [-0.3, -0.25) is 9.59 Å². The normalized spacial score (nSPS) is 11.7. The van der Waals surface area contributed by atoms with E-state index in [1.54, 1.807) is 31.2 Å². The summed E-state index contributed by atoms with van der Waals surface area (Å²) < 4.78 is 27.0. The molecule has 0 aliphatic heterocycles. The van der Waals surface area contributed by atoms with Crippen LogP contribution in [0, 0.1) is 17.6 Å². The first-order chi connectivity index (χ1) is 13.9. The standard InChI is InChI=1S/C24H21F2NO2/c1-16(24(29)27-15-17-5-3-2-4-6-17)13-23(28)19-9-7-18(8-10-19)21-12-11-20(25)14-22(21)26/h2-12,14,16H,13,15H2,1H3,(H,27,29)/t16-/m0/s1. The van der Waals surface area contributed by atoms with Crippen LogP contribution in [0.1, 0.15) is 29.3 Å². The van der Waals surface area contributed by atoms with Crippen molar-refractivity contribution in [3.8, 4) is 11.1 Å². The summed E-state index contributed by atoms with van der Waals surface area (Å²) in [4.78, 5) is 24.7. The molecule has 0 spiro atoms. The van der Waals surface area contributed by atoms with Crippen molar-refractivity contribution in [1.29, 1.82) is 0 Å². The minimum atomic E-state index is -0.659. The van der Waals surface area contributed by atoms with Crippen LogP contribution in [0.2, 0.25) is 0 Å². The van der Waals surface area contributed by atoms with Crippen molar-refractivity contribution in [2.75, 3.05) is 0 Å². The highest BCUT2D eigenvalue weighted by atomic mass is 19.1. The van der Waals surface area contributed by atoms with Crippen molar-refractivity contribution in [3.63, 3.8) is 0 Å². The van der Waals surface area contributed by atoms with Crippen LogP contribution in [0.4, 0.5) is 8.78 Å². The third-order valence-electron chi connectivity index (χ3n) is 4.70. The second-order valence-corrected chi connectivity index (χ2v) is 6.93. The van der Waals surface area contributed by atoms with E-state index in [1.807, 2.05) is 30.3 Å². The molecule has 148 valence electrons. The number of amides is 1. The van der Waals surface area contributed by atoms with Crippen molar-refractivity contribution >= 4 is 11.7 Å². The summed E-state index contributed by atoms with van der Waals surface area (Å²) in [6, 6.07) is 19.3. The van der Waals surface area contributed by atoms with E-state index in [-0.39, 0.29) is 23.7 Å². The maximum Gasteiger partial charge on any atom is 0.223 e. The Bertz CT molecular complexity index is 1000. The molecule has 0 aromatic heterocycles. The molecule has 1 amide bonds. The van der Waals surface area contributed by atoms with Gasteiger partial charge in [-0.15, -0.1) is 0 Å². The van der Waals surface area contributed by atoms with Gasteiger partial charge in [-0.25, -0.2) is 8.78 Å². The van der Waals surface area contributed by atoms with E-state index in [0.29, 0.717) is 17.7 Å². The number of ketones is 1. The Morgan fingerprint density at radius 1 is 0.931 bits per heavy atom. The highest BCUT2D eigenvalue weighted by Gasteiger charge is 2.18. The molecule has 1 atom stereocenters. The Morgan fingerprint density at radius 3 is 2.28 bits per heavy atom. The molecule has 0 aliphatic carbocycles. The fraction of sp³-hybridized carbons (Fsp3) is 0.167. The Balaban J connectivity index is 1.59. The molecule has 1 N–H and O–H groups in total. The van der Waals surface area contributed by atoms with Gasteiger partial charge in [-0.05, 0) is 23.3 Å². The number of rotatable bonds is 7. The van der Waals surface area contributed by atoms with Gasteiger partial charge in [0.05, 0.1) is 0 Å². The highest BCUT2D eigenvalue weighted by molar-refractivity contribution is 5.98. The number of carbonyl (C=O) groups excluding carboxylic acids is 2. The van der Waals surface area contributed by atoms with Crippen molar-refractivity contribution in [3.05, 3.63) is 95.6 Å². The van der Waals surface area contributed by atoms with Gasteiger partial charge in [0, 0.05) is 36.1 Å². The van der Waals surface area contributed by atoms with Gasteiger partial charge in [0.15, 0.2) is 5.78 Å². The van der Waals surface area contributed by atoms with Crippen LogP contribution in [0.3, 0.4) is 0 Å². The number of benzene rings is 3. The smallest absolute Gasteiger partial charge is 0.223 e. The predicted octanol–water partition coefficient (Wildman–Crippen LogP) is 5.16. The van der Waals surface area contributed by atoms with Crippen LogP contribution >= 0.6 is 0 Å². The molecule has 3 nitrogen and oxygen atoms in total. The second-order valence-electron chi connectivity index (χ2n) is 6.93. The molecular formula is C24H21F2NO2. The maximum absolute atomic E-state index is 13.9. The summed E-state index contributed by atoms with van der Waals surface area (Å²) in [6.45, 7) is 2.12. The predicted molar refractivity (Wildman–Crippen MR) is 108 cm³/mol. The zero-order chi connectivity index (χ0) is 20.8. The third kappa shape index (κ3) is 5.35. The summed E-state index contributed by atoms with van der Waals surface area (Å²) in [5.74, 6) is -2.13. The van der Waals surface area contributed by atoms with Gasteiger partial charge in [0.2, 0.25) is 5.91 Å². The first-order valence-electron chi connectivity index (χ1n) is 9.34. The largest absolute Gasteiger partial charge is 0.352 e. The summed E-state index contributed by atoms with van der Waals surface area (Å²) in [6.07, 6.45) is 0.0743. The van der Waals surface area contributed by atoms with E-state index in [0.717, 1.165) is 11.6 Å². The van der Waals surface area contributed by atoms with Crippen LogP contribution in [-0.4, -0.2) is 11.7 Å². The van der Waals surface area contributed by atoms with Crippen molar-refractivity contribution in [2.45, 2.75) is 19.9 Å². The number of nitrogens with one attached hydrogen (secondary N) is 1. The number of carbonyl (C=O) groups is 2. The zero-order valence-corrected chi connectivity index (χ0v) is 16.0. The molecular weight excluding hydrogens is 372 g/mol. The lowest BCUT2D eigenvalue weighted by Gasteiger charge is -2.12. The van der Waals surface area contributed by atoms with Gasteiger partial charge >= 0.3 is 0 Å². The molecule has 5 heteroatoms. The first kappa shape index (κ1) is 20.4. The van der Waals surface area contributed by atoms with Crippen molar-refractivity contribution < 1.29 is 18.4 Å². The van der Waals surface area contributed by atoms with Crippen molar-refractivity contribution in [2.24, 2.45) is 5.92 Å². The monoisotopic (exact) mass is 393 g/mol. The lowest BCUT2D eigenvalue weighted by Crippen LogP contribution is -2.30. The van der Waals surface area contributed by atoms with Crippen molar-refractivity contribution in [1.82, 2.24) is 5.32 Å². The summed E-state index contributed by atoms with van der Waals surface area (Å²) >= 11 is 0. The van der Waals surface area contributed by atoms with Gasteiger partial charge in [0.25, 0.3) is 0 Å². The molecule has 0 saturated heterocycles. The van der Waals surface area contributed by atoms with E-state index in [1.165, 1.54) is 12.1 Å². The topological polar surface area (TPSA) is 46.2 Å². The van der Waals surface area contributed by atoms with Crippen LogP contribution in [0.15, 0.2) is 72.8 Å². The molecule has 0 unspecified atom stereocenters. The average Bonchev–Trinajstić information content (AvgIpc) is 2.73. The summed E-state index contributed by atoms with van der Waals surface area (Å²) in [7, 11) is 0. The summed E-state index contributed by atoms with van der Waals surface area (Å²) in [5.41, 5.74) is 2.24. The van der Waals surface area contributed by atoms with E-state index in [2.05, 4.69) is 5.32 Å². The zero-order valence-electron chi connectivity index (χ0n) is 16.0. The molecule has 0 bridgehead atoms. The SMILES string of the molecule is C[C@@H](CC(=O)c1ccc(-c2ccc(F)cc2F)cc1)C(=O)NCc1ccccc1. The molecule has 0 saturated carbocycles. The number of hydrogen-bond acceptors (Lipinski definition) is 2. The number of Topliss-reactive ketones (excluding diaryl/α,β-unsaturated/α-hetero) is 1. The minimum Gasteiger partial charge on any atom is -0.352 e. The molecule has 3 aromatic carbocycles. The Morgan fingerprint density at radius 2 is 1.62 bits per heavy atom. The molecule has 0 fully saturated rings. The van der Waals surface area contributed by atoms with E-state index in [9.17, 15) is 18.4 Å². The summed E-state index contributed by atoms with van der Waals surface area (Å²) in [5, 5.41) is 2.83. The second kappa shape index (κ2) is 9.24. The quantitative estimate of drug-likeness (QED) is 0.564. The molecule has 29 heavy (non-hydrogen) atoms. The lowest BCUT2D eigenvalue weighted by molar-refractivity contribution is -0.124. The Labute approximate surface area is 168 Å². The maximum atomic E-state index is 13.9. The highest BCUT2D eigenvalue weighted by Crippen LogP contribution is 2.24. The minimum absolute atomic E-state index is 0.0743. The molecule has 3 rings (SSSR count). The number of halogens is 2. The third-order valence-corrected chi connectivity index (χ3v) is 4.70. The van der Waals surface area contributed by atoms with Gasteiger partial charge < -0.3 is 5.32 Å². The van der Waals surface area contributed by atoms with E-state index >= 15 is 0 Å². The van der Waals surface area contributed by atoms with Gasteiger partial charge in [0.1, 0.15) is 11.6 Å². The molecule has 0 heterocycles. The van der Waals surface area contributed by atoms with Crippen LogP contribution < -0.4 is 5.32 Å². The Kier molecular flexibility index (Phi) is 6.50. The van der Waals surface area contributed by atoms with Crippen LogP contribution in [0.5, 0.6) is 0 Å². The van der Waals surface area contributed by atoms with Gasteiger partial charge in [-0.1, -0.05) is 61.5 Å². The fourth-order valence-electron chi connectivity index (χ4n) is 3.01. The molecule has 0 aliphatic rings. The van der Waals surface area contributed by atoms with E-state index < -0.39 is 17.6 Å². The average molecular weight is 393 g/mol. The first-order valence-corrected chi connectivity index (χ1v) is 9.34. The fourth-order valence-corrected chi connectivity index (χ4v) is 3.01.